The van der Waals surface area contributed by atoms with E-state index in [1.54, 1.807) is 0 Å². The largest absolute Gasteiger partial charge is 0.417 e. The minimum absolute atomic E-state index is 0.203. The van der Waals surface area contributed by atoms with Gasteiger partial charge in [0.1, 0.15) is 0 Å². The molecular weight excluding hydrogens is 209 g/mol. The third-order valence-electron chi connectivity index (χ3n) is 1.33. The fraction of sp³-hybridized carbons (Fsp3) is 0.143. The Hall–Kier alpha value is -1.39. The van der Waals surface area contributed by atoms with Crippen molar-refractivity contribution in [3.63, 3.8) is 0 Å². The number of nitro benzene ring substituents is 1. The van der Waals surface area contributed by atoms with Crippen LogP contribution in [-0.4, -0.2) is 16.5 Å². The summed E-state index contributed by atoms with van der Waals surface area (Å²) in [5.74, 6) is -0.203. The quantitative estimate of drug-likeness (QED) is 0.473. The number of benzene rings is 1. The molecule has 0 aromatic heterocycles. The van der Waals surface area contributed by atoms with Gasteiger partial charge in [0.2, 0.25) is 5.75 Å². The van der Waals surface area contributed by atoms with Gasteiger partial charge in [-0.05, 0) is 6.07 Å². The first-order valence-electron chi connectivity index (χ1n) is 3.63. The second-order valence-electron chi connectivity index (χ2n) is 2.62. The van der Waals surface area contributed by atoms with Crippen LogP contribution in [0, 0.1) is 10.1 Å². The molecule has 1 rings (SSSR count). The predicted molar refractivity (Wildman–Crippen MR) is 49.5 cm³/mol. The molecule has 0 aliphatic heterocycles. The van der Waals surface area contributed by atoms with E-state index in [1.165, 1.54) is 24.3 Å². The molecule has 0 fully saturated rings. The van der Waals surface area contributed by atoms with Crippen molar-refractivity contribution in [2.24, 2.45) is 0 Å². The van der Waals surface area contributed by atoms with Gasteiger partial charge in [-0.1, -0.05) is 12.1 Å². The molecule has 0 bridgehead atoms. The summed E-state index contributed by atoms with van der Waals surface area (Å²) in [5, 5.41) is 10.5. The number of nitro groups is 1. The summed E-state index contributed by atoms with van der Waals surface area (Å²) >= 11 is 0. The lowest BCUT2D eigenvalue weighted by atomic mass is 10.3. The second-order valence-corrected chi connectivity index (χ2v) is 4.41. The van der Waals surface area contributed by atoms with Crippen molar-refractivity contribution in [2.45, 2.75) is 0 Å². The van der Waals surface area contributed by atoms with E-state index in [-0.39, 0.29) is 11.4 Å². The van der Waals surface area contributed by atoms with E-state index in [4.69, 9.17) is 4.89 Å². The van der Waals surface area contributed by atoms with Crippen LogP contribution in [0.2, 0.25) is 0 Å². The lowest BCUT2D eigenvalue weighted by Crippen LogP contribution is -1.95. The molecule has 14 heavy (non-hydrogen) atoms. The zero-order chi connectivity index (χ0) is 10.8. The number of nitrogens with zero attached hydrogens (tertiary/aromatic N) is 1. The first-order valence-corrected chi connectivity index (χ1v) is 5.66. The van der Waals surface area contributed by atoms with Crippen LogP contribution in [-0.2, 0) is 4.57 Å². The monoisotopic (exact) mass is 217 g/mol. The molecule has 7 heteroatoms. The SMILES string of the molecule is CP(=O)(O)Oc1ccccc1[N+](=O)[O-]. The van der Waals surface area contributed by atoms with Gasteiger partial charge in [-0.2, -0.15) is 0 Å². The van der Waals surface area contributed by atoms with Gasteiger partial charge in [-0.3, -0.25) is 10.1 Å². The Kier molecular flexibility index (Phi) is 2.88. The van der Waals surface area contributed by atoms with Crippen molar-refractivity contribution < 1.29 is 18.9 Å². The molecule has 76 valence electrons. The fourth-order valence-corrected chi connectivity index (χ4v) is 1.39. The highest BCUT2D eigenvalue weighted by Crippen LogP contribution is 2.41. The minimum Gasteiger partial charge on any atom is -0.417 e. The van der Waals surface area contributed by atoms with Gasteiger partial charge in [-0.25, -0.2) is 4.57 Å². The topological polar surface area (TPSA) is 89.7 Å². The van der Waals surface area contributed by atoms with Crippen LogP contribution < -0.4 is 4.52 Å². The summed E-state index contributed by atoms with van der Waals surface area (Å²) in [6, 6.07) is 5.40. The van der Waals surface area contributed by atoms with Gasteiger partial charge in [0.05, 0.1) is 4.92 Å². The molecule has 1 aromatic carbocycles. The normalized spacial score (nSPS) is 14.4. The second kappa shape index (κ2) is 3.77. The van der Waals surface area contributed by atoms with E-state index in [9.17, 15) is 14.7 Å². The standard InChI is InChI=1S/C7H8NO5P/c1-14(11,12)13-7-5-3-2-4-6(7)8(9)10/h2-5H,1H3,(H,11,12). The molecule has 1 aromatic rings. The molecule has 0 radical (unpaired) electrons. The molecule has 1 unspecified atom stereocenters. The van der Waals surface area contributed by atoms with Crippen molar-refractivity contribution in [3.8, 4) is 5.75 Å². The number of hydrogen-bond donors (Lipinski definition) is 1. The van der Waals surface area contributed by atoms with E-state index in [0.717, 1.165) is 6.66 Å². The van der Waals surface area contributed by atoms with Gasteiger partial charge in [-0.15, -0.1) is 0 Å². The van der Waals surface area contributed by atoms with Crippen LogP contribution in [0.15, 0.2) is 24.3 Å². The van der Waals surface area contributed by atoms with E-state index in [0.29, 0.717) is 0 Å². The molecule has 6 nitrogen and oxygen atoms in total. The molecule has 0 amide bonds. The average molecular weight is 217 g/mol. The Morgan fingerprint density at radius 2 is 2.07 bits per heavy atom. The third kappa shape index (κ3) is 2.83. The van der Waals surface area contributed by atoms with E-state index < -0.39 is 12.5 Å². The Bertz CT molecular complexity index is 399. The number of rotatable bonds is 3. The van der Waals surface area contributed by atoms with E-state index >= 15 is 0 Å². The summed E-state index contributed by atoms with van der Waals surface area (Å²) in [5.41, 5.74) is -0.330. The Morgan fingerprint density at radius 3 is 2.57 bits per heavy atom. The molecule has 0 aliphatic rings. The van der Waals surface area contributed by atoms with E-state index in [1.807, 2.05) is 0 Å². The predicted octanol–water partition coefficient (Wildman–Crippen LogP) is 1.79. The highest BCUT2D eigenvalue weighted by Gasteiger charge is 2.20. The first-order chi connectivity index (χ1) is 6.40. The Labute approximate surface area is 79.8 Å². The lowest BCUT2D eigenvalue weighted by Gasteiger charge is -2.07. The number of hydrogen-bond acceptors (Lipinski definition) is 4. The van der Waals surface area contributed by atoms with Crippen molar-refractivity contribution in [1.82, 2.24) is 0 Å². The van der Waals surface area contributed by atoms with Crippen LogP contribution in [0.5, 0.6) is 5.75 Å². The zero-order valence-electron chi connectivity index (χ0n) is 7.28. The van der Waals surface area contributed by atoms with E-state index in [2.05, 4.69) is 4.52 Å². The highest BCUT2D eigenvalue weighted by molar-refractivity contribution is 7.52. The Morgan fingerprint density at radius 1 is 1.50 bits per heavy atom. The maximum absolute atomic E-state index is 10.9. The maximum Gasteiger partial charge on any atom is 0.373 e. The molecule has 0 spiro atoms. The number of para-hydroxylation sites is 2. The zero-order valence-corrected chi connectivity index (χ0v) is 8.18. The smallest absolute Gasteiger partial charge is 0.373 e. The van der Waals surface area contributed by atoms with Gasteiger partial charge in [0.25, 0.3) is 0 Å². The average Bonchev–Trinajstić information content (AvgIpc) is 2.01. The van der Waals surface area contributed by atoms with Crippen molar-refractivity contribution in [2.75, 3.05) is 6.66 Å². The van der Waals surface area contributed by atoms with Crippen LogP contribution in [0.4, 0.5) is 5.69 Å². The molecular formula is C7H8NO5P. The lowest BCUT2D eigenvalue weighted by molar-refractivity contribution is -0.385. The minimum atomic E-state index is -3.76. The third-order valence-corrected chi connectivity index (χ3v) is 1.87. The van der Waals surface area contributed by atoms with Crippen molar-refractivity contribution in [3.05, 3.63) is 34.4 Å². The van der Waals surface area contributed by atoms with Crippen LogP contribution in [0.3, 0.4) is 0 Å². The summed E-state index contributed by atoms with van der Waals surface area (Å²) in [4.78, 5) is 18.7. The summed E-state index contributed by atoms with van der Waals surface area (Å²) in [6.07, 6.45) is 0. The van der Waals surface area contributed by atoms with Gasteiger partial charge in [0, 0.05) is 12.7 Å². The van der Waals surface area contributed by atoms with Gasteiger partial charge < -0.3 is 9.42 Å². The van der Waals surface area contributed by atoms with Gasteiger partial charge >= 0.3 is 13.3 Å². The molecule has 1 atom stereocenters. The Balaban J connectivity index is 3.08. The van der Waals surface area contributed by atoms with Crippen molar-refractivity contribution in [1.29, 1.82) is 0 Å². The molecule has 1 N–H and O–H groups in total. The van der Waals surface area contributed by atoms with Crippen molar-refractivity contribution >= 4 is 13.3 Å². The summed E-state index contributed by atoms with van der Waals surface area (Å²) in [6.45, 7) is 0.962. The summed E-state index contributed by atoms with van der Waals surface area (Å²) in [7, 11) is -3.76. The maximum atomic E-state index is 10.9. The molecule has 0 saturated carbocycles. The fourth-order valence-electron chi connectivity index (χ4n) is 0.868. The first kappa shape index (κ1) is 10.7. The van der Waals surface area contributed by atoms with Crippen LogP contribution in [0.25, 0.3) is 0 Å². The van der Waals surface area contributed by atoms with Gasteiger partial charge in [0.15, 0.2) is 0 Å². The van der Waals surface area contributed by atoms with Crippen LogP contribution >= 0.6 is 7.60 Å². The molecule has 0 aliphatic carbocycles. The molecule has 0 heterocycles. The molecule has 0 saturated heterocycles. The summed E-state index contributed by atoms with van der Waals surface area (Å²) < 4.78 is 15.4. The highest BCUT2D eigenvalue weighted by atomic mass is 31.2. The van der Waals surface area contributed by atoms with Crippen LogP contribution in [0.1, 0.15) is 0 Å².